The number of hydrogen-bond acceptors (Lipinski definition) is 3. The lowest BCUT2D eigenvalue weighted by molar-refractivity contribution is 0.102. The second-order valence-corrected chi connectivity index (χ2v) is 7.79. The van der Waals surface area contributed by atoms with Gasteiger partial charge >= 0.3 is 5.63 Å². The second kappa shape index (κ2) is 7.77. The highest BCUT2D eigenvalue weighted by atomic mass is 127. The van der Waals surface area contributed by atoms with Crippen molar-refractivity contribution in [3.8, 4) is 11.1 Å². The fourth-order valence-corrected chi connectivity index (χ4v) is 3.56. The van der Waals surface area contributed by atoms with Crippen LogP contribution in [0.2, 0.25) is 5.02 Å². The van der Waals surface area contributed by atoms with Gasteiger partial charge in [-0.3, -0.25) is 4.79 Å². The highest BCUT2D eigenvalue weighted by Gasteiger charge is 2.12. The fraction of sp³-hybridized carbons (Fsp3) is 0. The number of carbonyl (C=O) groups is 1. The first-order chi connectivity index (χ1) is 13.5. The summed E-state index contributed by atoms with van der Waals surface area (Å²) in [6.07, 6.45) is 0. The highest BCUT2D eigenvalue weighted by Crippen LogP contribution is 2.24. The maximum absolute atomic E-state index is 12.5. The molecule has 4 rings (SSSR count). The Hall–Kier alpha value is -2.64. The molecular formula is C22H13ClINO3. The van der Waals surface area contributed by atoms with E-state index in [0.717, 1.165) is 8.96 Å². The molecule has 0 radical (unpaired) electrons. The number of halogens is 2. The van der Waals surface area contributed by atoms with Crippen LogP contribution >= 0.6 is 34.2 Å². The van der Waals surface area contributed by atoms with Crippen molar-refractivity contribution in [2.45, 2.75) is 0 Å². The van der Waals surface area contributed by atoms with Gasteiger partial charge in [-0.05, 0) is 70.6 Å². The van der Waals surface area contributed by atoms with E-state index in [0.29, 0.717) is 33.0 Å². The van der Waals surface area contributed by atoms with Crippen LogP contribution in [0.5, 0.6) is 0 Å². The summed E-state index contributed by atoms with van der Waals surface area (Å²) >= 11 is 8.25. The van der Waals surface area contributed by atoms with E-state index in [1.54, 1.807) is 48.5 Å². The van der Waals surface area contributed by atoms with Gasteiger partial charge in [-0.1, -0.05) is 41.9 Å². The lowest BCUT2D eigenvalue weighted by atomic mass is 10.1. The average Bonchev–Trinajstić information content (AvgIpc) is 2.70. The molecule has 0 saturated carbocycles. The third-order valence-corrected chi connectivity index (χ3v) is 5.27. The summed E-state index contributed by atoms with van der Waals surface area (Å²) in [4.78, 5) is 24.8. The number of benzene rings is 3. The highest BCUT2D eigenvalue weighted by molar-refractivity contribution is 14.1. The topological polar surface area (TPSA) is 59.3 Å². The van der Waals surface area contributed by atoms with E-state index < -0.39 is 5.63 Å². The molecule has 0 saturated heterocycles. The predicted molar refractivity (Wildman–Crippen MR) is 120 cm³/mol. The minimum atomic E-state index is -0.402. The maximum Gasteiger partial charge on any atom is 0.344 e. The third kappa shape index (κ3) is 3.81. The number of fused-ring (bicyclic) bond motifs is 1. The van der Waals surface area contributed by atoms with Gasteiger partial charge in [0.05, 0.1) is 16.1 Å². The molecule has 1 heterocycles. The Morgan fingerprint density at radius 2 is 1.71 bits per heavy atom. The molecule has 0 unspecified atom stereocenters. The van der Waals surface area contributed by atoms with Crippen LogP contribution in [0.1, 0.15) is 10.4 Å². The van der Waals surface area contributed by atoms with Crippen molar-refractivity contribution in [3.05, 3.63) is 97.4 Å². The Labute approximate surface area is 179 Å². The second-order valence-electron chi connectivity index (χ2n) is 6.14. The van der Waals surface area contributed by atoms with Crippen LogP contribution in [0.3, 0.4) is 0 Å². The first kappa shape index (κ1) is 18.7. The first-order valence-corrected chi connectivity index (χ1v) is 9.87. The Bertz CT molecular complexity index is 1250. The molecular weight excluding hydrogens is 489 g/mol. The zero-order valence-corrected chi connectivity index (χ0v) is 17.3. The number of rotatable bonds is 3. The van der Waals surface area contributed by atoms with Crippen molar-refractivity contribution >= 4 is 56.8 Å². The molecule has 1 amide bonds. The van der Waals surface area contributed by atoms with Crippen molar-refractivity contribution in [1.82, 2.24) is 0 Å². The molecule has 3 aromatic carbocycles. The predicted octanol–water partition coefficient (Wildman–Crippen LogP) is 5.97. The summed E-state index contributed by atoms with van der Waals surface area (Å²) in [6, 6.07) is 21.4. The van der Waals surface area contributed by atoms with E-state index in [2.05, 4.69) is 27.9 Å². The van der Waals surface area contributed by atoms with Gasteiger partial charge in [0.2, 0.25) is 0 Å². The summed E-state index contributed by atoms with van der Waals surface area (Å²) in [6.45, 7) is 0. The summed E-state index contributed by atoms with van der Waals surface area (Å²) in [5.74, 6) is -0.290. The van der Waals surface area contributed by atoms with Crippen LogP contribution in [0, 0.1) is 3.57 Å². The molecule has 0 aliphatic carbocycles. The van der Waals surface area contributed by atoms with Gasteiger partial charge in [-0.2, -0.15) is 0 Å². The number of hydrogen-bond donors (Lipinski definition) is 1. The van der Waals surface area contributed by atoms with Crippen LogP contribution in [-0.4, -0.2) is 5.91 Å². The van der Waals surface area contributed by atoms with E-state index in [9.17, 15) is 9.59 Å². The third-order valence-electron chi connectivity index (χ3n) is 4.27. The number of carbonyl (C=O) groups excluding carboxylic acids is 1. The van der Waals surface area contributed by atoms with Crippen LogP contribution in [0.4, 0.5) is 5.69 Å². The van der Waals surface area contributed by atoms with Crippen LogP contribution in [-0.2, 0) is 0 Å². The van der Waals surface area contributed by atoms with Gasteiger partial charge in [-0.25, -0.2) is 4.79 Å². The van der Waals surface area contributed by atoms with Gasteiger partial charge in [0, 0.05) is 14.6 Å². The SMILES string of the molecule is O=C(Nc1ccc(-c2cc3ccccc3oc2=O)cc1)c1cc(I)ccc1Cl. The first-order valence-electron chi connectivity index (χ1n) is 8.41. The van der Waals surface area contributed by atoms with Gasteiger partial charge in [0.25, 0.3) is 5.91 Å². The average molecular weight is 502 g/mol. The largest absolute Gasteiger partial charge is 0.422 e. The maximum atomic E-state index is 12.5. The molecule has 0 atom stereocenters. The number of anilines is 1. The number of amides is 1. The molecule has 0 fully saturated rings. The molecule has 0 aliphatic rings. The van der Waals surface area contributed by atoms with E-state index in [1.807, 2.05) is 24.3 Å². The van der Waals surface area contributed by atoms with E-state index in [4.69, 9.17) is 16.0 Å². The summed E-state index contributed by atoms with van der Waals surface area (Å²) in [5, 5.41) is 4.06. The molecule has 1 N–H and O–H groups in total. The normalized spacial score (nSPS) is 10.8. The van der Waals surface area contributed by atoms with Crippen molar-refractivity contribution in [2.24, 2.45) is 0 Å². The van der Waals surface area contributed by atoms with Crippen molar-refractivity contribution in [3.63, 3.8) is 0 Å². The van der Waals surface area contributed by atoms with Gasteiger partial charge in [0.15, 0.2) is 0 Å². The molecule has 0 aliphatic heterocycles. The molecule has 4 aromatic rings. The smallest absolute Gasteiger partial charge is 0.344 e. The molecule has 138 valence electrons. The van der Waals surface area contributed by atoms with E-state index >= 15 is 0 Å². The lowest BCUT2D eigenvalue weighted by Crippen LogP contribution is -2.12. The van der Waals surface area contributed by atoms with Crippen LogP contribution in [0.15, 0.2) is 82.0 Å². The Kier molecular flexibility index (Phi) is 5.19. The molecule has 6 heteroatoms. The summed E-state index contributed by atoms with van der Waals surface area (Å²) in [5.41, 5.74) is 2.35. The Morgan fingerprint density at radius 1 is 0.964 bits per heavy atom. The Balaban J connectivity index is 1.61. The molecule has 4 nitrogen and oxygen atoms in total. The van der Waals surface area contributed by atoms with Gasteiger partial charge < -0.3 is 9.73 Å². The molecule has 0 bridgehead atoms. The fourth-order valence-electron chi connectivity index (χ4n) is 2.87. The zero-order chi connectivity index (χ0) is 19.7. The zero-order valence-electron chi connectivity index (χ0n) is 14.4. The van der Waals surface area contributed by atoms with Gasteiger partial charge in [-0.15, -0.1) is 0 Å². The number of para-hydroxylation sites is 1. The Morgan fingerprint density at radius 3 is 2.50 bits per heavy atom. The molecule has 1 aromatic heterocycles. The van der Waals surface area contributed by atoms with E-state index in [-0.39, 0.29) is 5.91 Å². The van der Waals surface area contributed by atoms with Crippen molar-refractivity contribution < 1.29 is 9.21 Å². The van der Waals surface area contributed by atoms with Gasteiger partial charge in [0.1, 0.15) is 5.58 Å². The molecule has 28 heavy (non-hydrogen) atoms. The van der Waals surface area contributed by atoms with Crippen molar-refractivity contribution in [1.29, 1.82) is 0 Å². The van der Waals surface area contributed by atoms with Crippen LogP contribution < -0.4 is 10.9 Å². The molecule has 0 spiro atoms. The van der Waals surface area contributed by atoms with Crippen LogP contribution in [0.25, 0.3) is 22.1 Å². The van der Waals surface area contributed by atoms with E-state index in [1.165, 1.54) is 0 Å². The van der Waals surface area contributed by atoms with Crippen molar-refractivity contribution in [2.75, 3.05) is 5.32 Å². The summed E-state index contributed by atoms with van der Waals surface area (Å²) < 4.78 is 6.31. The summed E-state index contributed by atoms with van der Waals surface area (Å²) in [7, 11) is 0. The monoisotopic (exact) mass is 501 g/mol. The standard InChI is InChI=1S/C22H13ClINO3/c23-19-10-7-15(24)12-18(19)21(26)25-16-8-5-13(6-9-16)17-11-14-3-1-2-4-20(14)28-22(17)27/h1-12H,(H,25,26). The lowest BCUT2D eigenvalue weighted by Gasteiger charge is -2.08. The quantitative estimate of drug-likeness (QED) is 0.278. The minimum absolute atomic E-state index is 0.290. The number of nitrogens with one attached hydrogen (secondary N) is 1. The minimum Gasteiger partial charge on any atom is -0.422 e.